The Hall–Kier alpha value is -2.41. The van der Waals surface area contributed by atoms with Crippen LogP contribution in [0.4, 0.5) is 4.79 Å². The predicted molar refractivity (Wildman–Crippen MR) is 118 cm³/mol. The van der Waals surface area contributed by atoms with E-state index in [0.717, 1.165) is 51.3 Å². The number of benzene rings is 1. The lowest BCUT2D eigenvalue weighted by Crippen LogP contribution is -2.57. The number of carbonyl (C=O) groups excluding carboxylic acids is 1. The van der Waals surface area contributed by atoms with Gasteiger partial charge in [-0.25, -0.2) is 4.79 Å². The van der Waals surface area contributed by atoms with Crippen molar-refractivity contribution in [2.75, 3.05) is 26.2 Å². The van der Waals surface area contributed by atoms with E-state index < -0.39 is 0 Å². The Kier molecular flexibility index (Phi) is 5.69. The van der Waals surface area contributed by atoms with Crippen LogP contribution in [0.2, 0.25) is 0 Å². The second-order valence-corrected chi connectivity index (χ2v) is 9.64. The summed E-state index contributed by atoms with van der Waals surface area (Å²) in [5, 5.41) is 7.66. The first kappa shape index (κ1) is 20.5. The maximum absolute atomic E-state index is 13.1. The van der Waals surface area contributed by atoms with Gasteiger partial charge in [0.1, 0.15) is 0 Å². The minimum atomic E-state index is -0.269. The van der Waals surface area contributed by atoms with E-state index in [9.17, 15) is 4.79 Å². The molecule has 0 radical (unpaired) electrons. The number of likely N-dealkylation sites (tertiary alicyclic amines) is 2. The quantitative estimate of drug-likeness (QED) is 0.815. The zero-order valence-corrected chi connectivity index (χ0v) is 18.4. The average Bonchev–Trinajstić information content (AvgIpc) is 3.38. The first-order valence-corrected chi connectivity index (χ1v) is 11.7. The van der Waals surface area contributed by atoms with Gasteiger partial charge in [-0.15, -0.1) is 0 Å². The molecule has 2 aromatic rings. The zero-order valence-electron chi connectivity index (χ0n) is 18.4. The second-order valence-electron chi connectivity index (χ2n) is 9.64. The van der Waals surface area contributed by atoms with Gasteiger partial charge in [-0.1, -0.05) is 54.8 Å². The fraction of sp³-hybridized carbons (Fsp3) is 0.625. The number of aryl methyl sites for hydroxylation is 1. The Morgan fingerprint density at radius 3 is 2.71 bits per heavy atom. The highest BCUT2D eigenvalue weighted by Crippen LogP contribution is 2.44. The topological polar surface area (TPSA) is 74.5 Å². The molecule has 3 fully saturated rings. The van der Waals surface area contributed by atoms with Crippen LogP contribution in [-0.2, 0) is 12.0 Å². The van der Waals surface area contributed by atoms with Crippen molar-refractivity contribution in [3.63, 3.8) is 0 Å². The highest BCUT2D eigenvalue weighted by molar-refractivity contribution is 5.75. The molecule has 3 aliphatic rings. The third-order valence-electron chi connectivity index (χ3n) is 7.43. The van der Waals surface area contributed by atoms with Gasteiger partial charge in [-0.3, -0.25) is 4.90 Å². The van der Waals surface area contributed by atoms with Gasteiger partial charge < -0.3 is 14.7 Å². The number of hydrogen-bond donors (Lipinski definition) is 1. The summed E-state index contributed by atoms with van der Waals surface area (Å²) in [6.45, 7) is 6.04. The minimum absolute atomic E-state index is 0.0754. The van der Waals surface area contributed by atoms with Gasteiger partial charge in [-0.2, -0.15) is 4.98 Å². The Bertz CT molecular complexity index is 894. The fourth-order valence-corrected chi connectivity index (χ4v) is 5.83. The molecule has 1 saturated carbocycles. The maximum Gasteiger partial charge on any atom is 0.317 e. The number of aromatic nitrogens is 2. The van der Waals surface area contributed by atoms with Crippen molar-refractivity contribution >= 4 is 6.03 Å². The van der Waals surface area contributed by atoms with Crippen molar-refractivity contribution in [1.82, 2.24) is 25.3 Å². The molecule has 7 heteroatoms. The van der Waals surface area contributed by atoms with Crippen molar-refractivity contribution in [2.45, 2.75) is 63.5 Å². The lowest BCUT2D eigenvalue weighted by atomic mass is 9.72. The minimum Gasteiger partial charge on any atom is -0.340 e. The smallest absolute Gasteiger partial charge is 0.317 e. The van der Waals surface area contributed by atoms with Gasteiger partial charge >= 0.3 is 6.03 Å². The van der Waals surface area contributed by atoms with Gasteiger partial charge in [-0.05, 0) is 30.7 Å². The molecule has 0 unspecified atom stereocenters. The molecule has 5 rings (SSSR count). The number of carbonyl (C=O) groups is 1. The molecule has 3 heterocycles. The van der Waals surface area contributed by atoms with E-state index in [4.69, 9.17) is 4.52 Å². The van der Waals surface area contributed by atoms with E-state index in [0.29, 0.717) is 24.4 Å². The second kappa shape index (κ2) is 8.61. The SMILES string of the molecule is Cc1nc([C@@]23CN(Cc4ccccc4)C[C@@H]2CCN(C(=O)NC2CCCCC2)C3)no1. The van der Waals surface area contributed by atoms with Gasteiger partial charge in [0, 0.05) is 45.7 Å². The standard InChI is InChI=1S/C24H33N5O2/c1-18-25-22(27-31-18)24-16-28(14-19-8-4-2-5-9-19)15-20(24)12-13-29(17-24)23(30)26-21-10-6-3-7-11-21/h2,4-5,8-9,20-21H,3,6-7,10-17H2,1H3,(H,26,30)/t20-,24+/m0/s1. The van der Waals surface area contributed by atoms with Crippen molar-refractivity contribution in [1.29, 1.82) is 0 Å². The fourth-order valence-electron chi connectivity index (χ4n) is 5.83. The summed E-state index contributed by atoms with van der Waals surface area (Å²) in [4.78, 5) is 22.3. The van der Waals surface area contributed by atoms with Crippen molar-refractivity contribution < 1.29 is 9.32 Å². The van der Waals surface area contributed by atoms with Crippen LogP contribution >= 0.6 is 0 Å². The number of nitrogens with zero attached hydrogens (tertiary/aromatic N) is 4. The molecule has 31 heavy (non-hydrogen) atoms. The molecule has 1 aromatic heterocycles. The number of nitrogens with one attached hydrogen (secondary N) is 1. The number of urea groups is 1. The summed E-state index contributed by atoms with van der Waals surface area (Å²) in [6.07, 6.45) is 6.89. The summed E-state index contributed by atoms with van der Waals surface area (Å²) in [5.41, 5.74) is 1.04. The molecule has 1 aromatic carbocycles. The van der Waals surface area contributed by atoms with Crippen molar-refractivity contribution in [3.8, 4) is 0 Å². The van der Waals surface area contributed by atoms with E-state index in [2.05, 4.69) is 50.7 Å². The van der Waals surface area contributed by atoms with E-state index in [1.54, 1.807) is 0 Å². The first-order chi connectivity index (χ1) is 15.1. The summed E-state index contributed by atoms with van der Waals surface area (Å²) in [5.74, 6) is 1.78. The predicted octanol–water partition coefficient (Wildman–Crippen LogP) is 3.50. The van der Waals surface area contributed by atoms with Crippen LogP contribution in [0.3, 0.4) is 0 Å². The molecule has 0 bridgehead atoms. The van der Waals surface area contributed by atoms with Gasteiger partial charge in [0.2, 0.25) is 5.89 Å². The van der Waals surface area contributed by atoms with Crippen LogP contribution in [0.15, 0.2) is 34.9 Å². The van der Waals surface area contributed by atoms with E-state index in [-0.39, 0.29) is 11.4 Å². The molecule has 2 amide bonds. The average molecular weight is 424 g/mol. The molecular formula is C24H33N5O2. The van der Waals surface area contributed by atoms with Crippen LogP contribution < -0.4 is 5.32 Å². The molecule has 1 aliphatic carbocycles. The lowest BCUT2D eigenvalue weighted by molar-refractivity contribution is 0.120. The van der Waals surface area contributed by atoms with Gasteiger partial charge in [0.25, 0.3) is 0 Å². The van der Waals surface area contributed by atoms with Crippen molar-refractivity contribution in [3.05, 3.63) is 47.6 Å². The normalized spacial score (nSPS) is 27.3. The molecule has 2 atom stereocenters. The number of piperidine rings is 1. The lowest BCUT2D eigenvalue weighted by Gasteiger charge is -2.42. The van der Waals surface area contributed by atoms with Gasteiger partial charge in [0.05, 0.1) is 5.41 Å². The summed E-state index contributed by atoms with van der Waals surface area (Å²) in [7, 11) is 0. The largest absolute Gasteiger partial charge is 0.340 e. The third kappa shape index (κ3) is 4.20. The van der Waals surface area contributed by atoms with Crippen LogP contribution in [0.25, 0.3) is 0 Å². The zero-order chi connectivity index (χ0) is 21.3. The number of hydrogen-bond acceptors (Lipinski definition) is 5. The van der Waals surface area contributed by atoms with Gasteiger partial charge in [0.15, 0.2) is 5.82 Å². The van der Waals surface area contributed by atoms with Crippen LogP contribution in [-0.4, -0.2) is 58.2 Å². The Balaban J connectivity index is 1.35. The van der Waals surface area contributed by atoms with Crippen LogP contribution in [0, 0.1) is 12.8 Å². The molecule has 2 aliphatic heterocycles. The number of fused-ring (bicyclic) bond motifs is 1. The van der Waals surface area contributed by atoms with E-state index in [1.807, 2.05) is 11.8 Å². The third-order valence-corrected chi connectivity index (χ3v) is 7.43. The molecular weight excluding hydrogens is 390 g/mol. The number of amides is 2. The molecule has 7 nitrogen and oxygen atoms in total. The molecule has 0 spiro atoms. The summed E-state index contributed by atoms with van der Waals surface area (Å²) >= 11 is 0. The molecule has 1 N–H and O–H groups in total. The Labute approximate surface area is 184 Å². The number of rotatable bonds is 4. The maximum atomic E-state index is 13.1. The van der Waals surface area contributed by atoms with Crippen molar-refractivity contribution in [2.24, 2.45) is 5.92 Å². The molecule has 2 saturated heterocycles. The highest BCUT2D eigenvalue weighted by atomic mass is 16.5. The first-order valence-electron chi connectivity index (χ1n) is 11.7. The van der Waals surface area contributed by atoms with E-state index >= 15 is 0 Å². The van der Waals surface area contributed by atoms with Crippen LogP contribution in [0.5, 0.6) is 0 Å². The Morgan fingerprint density at radius 1 is 1.16 bits per heavy atom. The Morgan fingerprint density at radius 2 is 1.97 bits per heavy atom. The monoisotopic (exact) mass is 423 g/mol. The highest BCUT2D eigenvalue weighted by Gasteiger charge is 2.54. The molecule has 166 valence electrons. The summed E-state index contributed by atoms with van der Waals surface area (Å²) < 4.78 is 5.39. The van der Waals surface area contributed by atoms with Crippen LogP contribution in [0.1, 0.15) is 55.8 Å². The summed E-state index contributed by atoms with van der Waals surface area (Å²) in [6, 6.07) is 11.0. The van der Waals surface area contributed by atoms with E-state index in [1.165, 1.54) is 24.8 Å².